The minimum absolute atomic E-state index is 0.333. The Bertz CT molecular complexity index is 427. The smallest absolute Gasteiger partial charge is 0.340 e. The number of benzene rings is 1. The summed E-state index contributed by atoms with van der Waals surface area (Å²) in [4.78, 5) is 11.6. The van der Waals surface area contributed by atoms with Gasteiger partial charge >= 0.3 is 5.97 Å². The van der Waals surface area contributed by atoms with E-state index in [2.05, 4.69) is 0 Å². The van der Waals surface area contributed by atoms with Crippen molar-refractivity contribution in [3.8, 4) is 0 Å². The Morgan fingerprint density at radius 1 is 1.38 bits per heavy atom. The van der Waals surface area contributed by atoms with Crippen LogP contribution < -0.4 is 0 Å². The van der Waals surface area contributed by atoms with Crippen LogP contribution in [0.25, 0.3) is 0 Å². The van der Waals surface area contributed by atoms with E-state index < -0.39 is 23.3 Å². The highest BCUT2D eigenvalue weighted by molar-refractivity contribution is 7.80. The molecule has 1 heterocycles. The maximum atomic E-state index is 11.6. The minimum atomic E-state index is -1.41. The van der Waals surface area contributed by atoms with Crippen LogP contribution in [0.3, 0.4) is 0 Å². The van der Waals surface area contributed by atoms with Crippen molar-refractivity contribution in [1.29, 1.82) is 0 Å². The highest BCUT2D eigenvalue weighted by atomic mass is 32.2. The highest BCUT2D eigenvalue weighted by Crippen LogP contribution is 2.10. The van der Waals surface area contributed by atoms with Gasteiger partial charge < -0.3 is 4.74 Å². The van der Waals surface area contributed by atoms with Gasteiger partial charge in [0.2, 0.25) is 6.29 Å². The number of hydrogen-bond acceptors (Lipinski definition) is 4. The van der Waals surface area contributed by atoms with Gasteiger partial charge in [-0.05, 0) is 18.2 Å². The molecule has 1 aromatic rings. The standard InChI is InChI=1S/C11H10O4S/c12-11(9-5-2-1-3-6-9)14-10-7-4-8-16(13)15-10/h1-7,10H,8H2/t10-,16?/m0/s1. The zero-order valence-electron chi connectivity index (χ0n) is 8.37. The molecule has 0 radical (unpaired) electrons. The van der Waals surface area contributed by atoms with Gasteiger partial charge in [0.15, 0.2) is 11.1 Å². The molecular weight excluding hydrogens is 228 g/mol. The van der Waals surface area contributed by atoms with Crippen molar-refractivity contribution in [2.24, 2.45) is 0 Å². The fourth-order valence-electron chi connectivity index (χ4n) is 1.23. The van der Waals surface area contributed by atoms with Gasteiger partial charge in [0.05, 0.1) is 11.3 Å². The van der Waals surface area contributed by atoms with Crippen LogP contribution in [0.2, 0.25) is 0 Å². The SMILES string of the molecule is O=C(O[C@@H]1C=CCS(=O)O1)c1ccccc1. The fraction of sp³-hybridized carbons (Fsp3) is 0.182. The van der Waals surface area contributed by atoms with Crippen LogP contribution in [-0.2, 0) is 20.0 Å². The molecule has 0 N–H and O–H groups in total. The number of rotatable bonds is 2. The van der Waals surface area contributed by atoms with Crippen LogP contribution in [0.1, 0.15) is 10.4 Å². The molecule has 0 saturated carbocycles. The molecule has 0 bridgehead atoms. The van der Waals surface area contributed by atoms with E-state index in [4.69, 9.17) is 8.92 Å². The molecule has 16 heavy (non-hydrogen) atoms. The van der Waals surface area contributed by atoms with E-state index in [1.165, 1.54) is 0 Å². The molecule has 1 aliphatic rings. The Kier molecular flexibility index (Phi) is 3.48. The topological polar surface area (TPSA) is 52.6 Å². The third kappa shape index (κ3) is 2.77. The summed E-state index contributed by atoms with van der Waals surface area (Å²) in [5.41, 5.74) is 0.441. The molecule has 2 atom stereocenters. The van der Waals surface area contributed by atoms with Gasteiger partial charge in [-0.1, -0.05) is 24.3 Å². The van der Waals surface area contributed by atoms with E-state index in [0.717, 1.165) is 0 Å². The predicted octanol–water partition coefficient (Wildman–Crippen LogP) is 1.42. The fourth-order valence-corrected chi connectivity index (χ4v) is 1.89. The van der Waals surface area contributed by atoms with Crippen LogP contribution in [0.5, 0.6) is 0 Å². The maximum absolute atomic E-state index is 11.6. The number of esters is 1. The second-order valence-corrected chi connectivity index (χ2v) is 4.27. The summed E-state index contributed by atoms with van der Waals surface area (Å²) in [5.74, 6) is -0.159. The molecular formula is C11H10O4S. The summed E-state index contributed by atoms with van der Waals surface area (Å²) in [5, 5.41) is 0. The summed E-state index contributed by atoms with van der Waals surface area (Å²) < 4.78 is 21.0. The van der Waals surface area contributed by atoms with Crippen molar-refractivity contribution in [3.63, 3.8) is 0 Å². The van der Waals surface area contributed by atoms with Crippen LogP contribution in [0.15, 0.2) is 42.5 Å². The average Bonchev–Trinajstić information content (AvgIpc) is 2.30. The number of hydrogen-bond donors (Lipinski definition) is 0. The monoisotopic (exact) mass is 238 g/mol. The van der Waals surface area contributed by atoms with Crippen LogP contribution in [-0.4, -0.2) is 22.2 Å². The molecule has 0 aliphatic carbocycles. The predicted molar refractivity (Wildman–Crippen MR) is 58.9 cm³/mol. The zero-order chi connectivity index (χ0) is 11.4. The van der Waals surface area contributed by atoms with Gasteiger partial charge in [0.1, 0.15) is 0 Å². The number of carbonyl (C=O) groups is 1. The minimum Gasteiger partial charge on any atom is -0.427 e. The molecule has 0 fully saturated rings. The molecule has 2 rings (SSSR count). The Hall–Kier alpha value is -1.46. The van der Waals surface area contributed by atoms with Crippen LogP contribution in [0, 0.1) is 0 Å². The van der Waals surface area contributed by atoms with E-state index in [-0.39, 0.29) is 0 Å². The number of ether oxygens (including phenoxy) is 1. The molecule has 1 aliphatic heterocycles. The van der Waals surface area contributed by atoms with Crippen LogP contribution >= 0.6 is 0 Å². The van der Waals surface area contributed by atoms with E-state index in [0.29, 0.717) is 11.3 Å². The molecule has 0 saturated heterocycles. The van der Waals surface area contributed by atoms with Gasteiger partial charge in [-0.3, -0.25) is 0 Å². The van der Waals surface area contributed by atoms with Gasteiger partial charge in [-0.2, -0.15) is 0 Å². The van der Waals surface area contributed by atoms with Crippen molar-refractivity contribution in [2.75, 3.05) is 5.75 Å². The largest absolute Gasteiger partial charge is 0.427 e. The second kappa shape index (κ2) is 5.05. The molecule has 0 spiro atoms. The first-order valence-corrected chi connectivity index (χ1v) is 5.98. The Labute approximate surface area is 95.5 Å². The molecule has 84 valence electrons. The van der Waals surface area contributed by atoms with E-state index in [1.807, 2.05) is 6.07 Å². The van der Waals surface area contributed by atoms with E-state index >= 15 is 0 Å². The van der Waals surface area contributed by atoms with Crippen molar-refractivity contribution in [2.45, 2.75) is 6.29 Å². The van der Waals surface area contributed by atoms with E-state index in [1.54, 1.807) is 36.4 Å². The molecule has 0 aromatic heterocycles. The van der Waals surface area contributed by atoms with Gasteiger partial charge in [-0.15, -0.1) is 0 Å². The Morgan fingerprint density at radius 2 is 2.12 bits per heavy atom. The summed E-state index contributed by atoms with van der Waals surface area (Å²) in [6, 6.07) is 8.58. The van der Waals surface area contributed by atoms with Crippen LogP contribution in [0.4, 0.5) is 0 Å². The summed E-state index contributed by atoms with van der Waals surface area (Å²) in [6.07, 6.45) is 2.38. The highest BCUT2D eigenvalue weighted by Gasteiger charge is 2.19. The molecule has 1 aromatic carbocycles. The lowest BCUT2D eigenvalue weighted by Gasteiger charge is -2.16. The zero-order valence-corrected chi connectivity index (χ0v) is 9.18. The van der Waals surface area contributed by atoms with Crippen molar-refractivity contribution in [1.82, 2.24) is 0 Å². The molecule has 1 unspecified atom stereocenters. The Balaban J connectivity index is 2.00. The van der Waals surface area contributed by atoms with Gasteiger partial charge in [0.25, 0.3) is 0 Å². The lowest BCUT2D eigenvalue weighted by atomic mass is 10.2. The quantitative estimate of drug-likeness (QED) is 0.577. The van der Waals surface area contributed by atoms with Crippen molar-refractivity contribution >= 4 is 17.0 Å². The number of carbonyl (C=O) groups excluding carboxylic acids is 1. The summed E-state index contributed by atoms with van der Waals surface area (Å²) in [7, 11) is 0. The third-order valence-corrected chi connectivity index (χ3v) is 2.83. The molecule has 0 amide bonds. The molecule has 5 heteroatoms. The summed E-state index contributed by atoms with van der Waals surface area (Å²) >= 11 is -1.41. The van der Waals surface area contributed by atoms with Crippen molar-refractivity contribution in [3.05, 3.63) is 48.0 Å². The Morgan fingerprint density at radius 3 is 2.81 bits per heavy atom. The second-order valence-electron chi connectivity index (χ2n) is 3.13. The van der Waals surface area contributed by atoms with Gasteiger partial charge in [-0.25, -0.2) is 13.2 Å². The first kappa shape index (κ1) is 11.0. The van der Waals surface area contributed by atoms with Gasteiger partial charge in [0, 0.05) is 0 Å². The normalized spacial score (nSPS) is 24.0. The molecule has 4 nitrogen and oxygen atoms in total. The lowest BCUT2D eigenvalue weighted by molar-refractivity contribution is -0.0166. The lowest BCUT2D eigenvalue weighted by Crippen LogP contribution is -2.24. The third-order valence-electron chi connectivity index (χ3n) is 1.96. The summed E-state index contributed by atoms with van der Waals surface area (Å²) in [6.45, 7) is 0. The first-order valence-electron chi connectivity index (χ1n) is 4.74. The average molecular weight is 238 g/mol. The van der Waals surface area contributed by atoms with E-state index in [9.17, 15) is 9.00 Å². The van der Waals surface area contributed by atoms with Crippen molar-refractivity contribution < 1.29 is 17.9 Å². The maximum Gasteiger partial charge on any atom is 0.340 e. The first-order chi connectivity index (χ1) is 7.75.